The van der Waals surface area contributed by atoms with Crippen LogP contribution in [0.25, 0.3) is 0 Å². The predicted octanol–water partition coefficient (Wildman–Crippen LogP) is 5.65. The lowest BCUT2D eigenvalue weighted by molar-refractivity contribution is -0.0546. The summed E-state index contributed by atoms with van der Waals surface area (Å²) in [7, 11) is 0. The average molecular weight is 374 g/mol. The van der Waals surface area contributed by atoms with Crippen LogP contribution in [-0.2, 0) is 12.8 Å². The number of hydrogen-bond donors (Lipinski definition) is 0. The van der Waals surface area contributed by atoms with Crippen LogP contribution in [0.4, 0.5) is 17.6 Å². The molecule has 2 aromatic rings. The van der Waals surface area contributed by atoms with Crippen molar-refractivity contribution in [2.24, 2.45) is 5.92 Å². The molecule has 0 bridgehead atoms. The first-order valence-corrected chi connectivity index (χ1v) is 8.66. The Hall–Kier alpha value is -2.74. The van der Waals surface area contributed by atoms with Crippen molar-refractivity contribution >= 4 is 0 Å². The van der Waals surface area contributed by atoms with E-state index in [1.165, 1.54) is 11.1 Å². The van der Waals surface area contributed by atoms with Gasteiger partial charge in [-0.25, -0.2) is 8.78 Å². The highest BCUT2D eigenvalue weighted by Gasteiger charge is 2.17. The molecule has 0 radical (unpaired) electrons. The van der Waals surface area contributed by atoms with Gasteiger partial charge in [-0.2, -0.15) is 8.78 Å². The monoisotopic (exact) mass is 374 g/mol. The van der Waals surface area contributed by atoms with E-state index in [9.17, 15) is 17.6 Å². The number of allylic oxidation sites excluding steroid dienone is 2. The first-order chi connectivity index (χ1) is 13.0. The van der Waals surface area contributed by atoms with Crippen molar-refractivity contribution in [1.29, 1.82) is 0 Å². The number of halogens is 4. The molecule has 0 aliphatic heterocycles. The number of hydrogen-bond acceptors (Lipinski definition) is 1. The van der Waals surface area contributed by atoms with Gasteiger partial charge in [0.05, 0.1) is 0 Å². The van der Waals surface area contributed by atoms with Gasteiger partial charge in [0.15, 0.2) is 17.4 Å². The second-order valence-corrected chi connectivity index (χ2v) is 6.41. The number of rotatable bonds is 3. The molecule has 1 nitrogen and oxygen atoms in total. The summed E-state index contributed by atoms with van der Waals surface area (Å²) in [5, 5.41) is 0. The number of fused-ring (bicyclic) bond motifs is 1. The molecule has 0 saturated heterocycles. The van der Waals surface area contributed by atoms with Crippen LogP contribution in [0.2, 0.25) is 0 Å². The molecule has 27 heavy (non-hydrogen) atoms. The zero-order valence-electron chi connectivity index (χ0n) is 14.7. The molecule has 0 spiro atoms. The smallest absolute Gasteiger partial charge is 0.387 e. The van der Waals surface area contributed by atoms with Gasteiger partial charge in [-0.1, -0.05) is 30.1 Å². The summed E-state index contributed by atoms with van der Waals surface area (Å²) in [5.74, 6) is 2.59. The highest BCUT2D eigenvalue weighted by molar-refractivity contribution is 5.48. The van der Waals surface area contributed by atoms with Gasteiger partial charge in [-0.05, 0) is 67.5 Å². The highest BCUT2D eigenvalue weighted by atomic mass is 19.3. The normalized spacial score (nSPS) is 16.1. The fourth-order valence-electron chi connectivity index (χ4n) is 3.28. The quantitative estimate of drug-likeness (QED) is 0.383. The molecule has 2 aromatic carbocycles. The zero-order valence-corrected chi connectivity index (χ0v) is 14.7. The lowest BCUT2D eigenvalue weighted by Crippen LogP contribution is -2.12. The van der Waals surface area contributed by atoms with Gasteiger partial charge >= 0.3 is 6.61 Å². The van der Waals surface area contributed by atoms with Gasteiger partial charge in [0.25, 0.3) is 0 Å². The van der Waals surface area contributed by atoms with Crippen LogP contribution in [0.1, 0.15) is 35.6 Å². The lowest BCUT2D eigenvalue weighted by atomic mass is 9.83. The standard InChI is InChI=1S/C22H18F4O/c1-2-3-14-6-8-18-11-15(7-9-17(18)10-14)4-5-16-12-19(23)21(20(24)13-16)27-22(25)26/h2-3,7,9,11-14,22H,6,8,10H2,1H3. The van der Waals surface area contributed by atoms with E-state index in [-0.39, 0.29) is 5.56 Å². The maximum Gasteiger partial charge on any atom is 0.387 e. The summed E-state index contributed by atoms with van der Waals surface area (Å²) < 4.78 is 55.7. The fourth-order valence-corrected chi connectivity index (χ4v) is 3.28. The Kier molecular flexibility index (Phi) is 5.85. The third-order valence-electron chi connectivity index (χ3n) is 4.49. The molecule has 3 rings (SSSR count). The maximum absolute atomic E-state index is 13.7. The van der Waals surface area contributed by atoms with Gasteiger partial charge in [0.1, 0.15) is 0 Å². The maximum atomic E-state index is 13.7. The Bertz CT molecular complexity index is 899. The van der Waals surface area contributed by atoms with Crippen LogP contribution in [0.3, 0.4) is 0 Å². The minimum Gasteiger partial charge on any atom is -0.429 e. The van der Waals surface area contributed by atoms with Crippen molar-refractivity contribution < 1.29 is 22.3 Å². The molecule has 140 valence electrons. The van der Waals surface area contributed by atoms with Gasteiger partial charge in [-0.15, -0.1) is 0 Å². The Morgan fingerprint density at radius 2 is 1.74 bits per heavy atom. The van der Waals surface area contributed by atoms with E-state index in [0.29, 0.717) is 5.92 Å². The van der Waals surface area contributed by atoms with Gasteiger partial charge in [0.2, 0.25) is 0 Å². The Labute approximate surface area is 155 Å². The minimum absolute atomic E-state index is 0.0532. The van der Waals surface area contributed by atoms with E-state index in [2.05, 4.69) is 28.7 Å². The van der Waals surface area contributed by atoms with Crippen molar-refractivity contribution in [2.75, 3.05) is 0 Å². The molecular formula is C22H18F4O. The second-order valence-electron chi connectivity index (χ2n) is 6.41. The van der Waals surface area contributed by atoms with Crippen molar-refractivity contribution in [3.05, 3.63) is 76.4 Å². The van der Waals surface area contributed by atoms with Crippen LogP contribution in [0.15, 0.2) is 42.5 Å². The molecule has 0 N–H and O–H groups in total. The van der Waals surface area contributed by atoms with Gasteiger partial charge in [0, 0.05) is 11.1 Å². The molecule has 0 heterocycles. The van der Waals surface area contributed by atoms with Crippen molar-refractivity contribution in [3.63, 3.8) is 0 Å². The number of alkyl halides is 2. The van der Waals surface area contributed by atoms with Crippen molar-refractivity contribution in [1.82, 2.24) is 0 Å². The molecule has 0 amide bonds. The number of aryl methyl sites for hydroxylation is 1. The second kappa shape index (κ2) is 8.30. The summed E-state index contributed by atoms with van der Waals surface area (Å²) in [6, 6.07) is 7.68. The van der Waals surface area contributed by atoms with Crippen molar-refractivity contribution in [3.8, 4) is 17.6 Å². The Balaban J connectivity index is 1.80. The number of benzene rings is 2. The van der Waals surface area contributed by atoms with E-state index < -0.39 is 24.0 Å². The molecule has 1 atom stereocenters. The van der Waals surface area contributed by atoms with Crippen molar-refractivity contribution in [2.45, 2.75) is 32.8 Å². The number of ether oxygens (including phenoxy) is 1. The third-order valence-corrected chi connectivity index (χ3v) is 4.49. The average Bonchev–Trinajstić information content (AvgIpc) is 2.63. The van der Waals surface area contributed by atoms with E-state index in [1.54, 1.807) is 0 Å². The highest BCUT2D eigenvalue weighted by Crippen LogP contribution is 2.27. The van der Waals surface area contributed by atoms with Crippen LogP contribution < -0.4 is 4.74 Å². The molecule has 1 aliphatic carbocycles. The van der Waals surface area contributed by atoms with E-state index in [0.717, 1.165) is 37.0 Å². The van der Waals surface area contributed by atoms with E-state index in [1.807, 2.05) is 25.1 Å². The van der Waals surface area contributed by atoms with E-state index in [4.69, 9.17) is 0 Å². The van der Waals surface area contributed by atoms with Crippen LogP contribution >= 0.6 is 0 Å². The van der Waals surface area contributed by atoms with Crippen LogP contribution in [0.5, 0.6) is 5.75 Å². The first-order valence-electron chi connectivity index (χ1n) is 8.66. The first kappa shape index (κ1) is 19.0. The fraction of sp³-hybridized carbons (Fsp3) is 0.273. The Morgan fingerprint density at radius 1 is 1.04 bits per heavy atom. The zero-order chi connectivity index (χ0) is 19.4. The summed E-state index contributed by atoms with van der Waals surface area (Å²) in [5.41, 5.74) is 3.32. The van der Waals surface area contributed by atoms with Crippen LogP contribution in [0, 0.1) is 29.4 Å². The summed E-state index contributed by atoms with van der Waals surface area (Å²) in [6.45, 7) is -1.28. The molecule has 0 fully saturated rings. The molecule has 5 heteroatoms. The topological polar surface area (TPSA) is 9.23 Å². The van der Waals surface area contributed by atoms with Gasteiger partial charge < -0.3 is 4.74 Å². The Morgan fingerprint density at radius 3 is 2.41 bits per heavy atom. The molecule has 0 aromatic heterocycles. The summed E-state index contributed by atoms with van der Waals surface area (Å²) >= 11 is 0. The third kappa shape index (κ3) is 4.71. The van der Waals surface area contributed by atoms with Crippen LogP contribution in [-0.4, -0.2) is 6.61 Å². The summed E-state index contributed by atoms with van der Waals surface area (Å²) in [6.07, 6.45) is 7.33. The van der Waals surface area contributed by atoms with E-state index >= 15 is 0 Å². The largest absolute Gasteiger partial charge is 0.429 e. The predicted molar refractivity (Wildman–Crippen MR) is 95.7 cm³/mol. The SMILES string of the molecule is CC=CC1CCc2cc(C#Cc3cc(F)c(OC(F)F)c(F)c3)ccc2C1. The summed E-state index contributed by atoms with van der Waals surface area (Å²) in [4.78, 5) is 0. The lowest BCUT2D eigenvalue weighted by Gasteiger charge is -2.22. The molecule has 1 aliphatic rings. The minimum atomic E-state index is -3.30. The van der Waals surface area contributed by atoms with Gasteiger partial charge in [-0.3, -0.25) is 0 Å². The molecule has 1 unspecified atom stereocenters. The molecular weight excluding hydrogens is 356 g/mol. The molecule has 0 saturated carbocycles.